The van der Waals surface area contributed by atoms with Crippen molar-refractivity contribution in [3.8, 4) is 0 Å². The van der Waals surface area contributed by atoms with Gasteiger partial charge in [0, 0.05) is 46.7 Å². The number of fused-ring (bicyclic) bond motifs is 1. The molecule has 2 aliphatic rings. The highest BCUT2D eigenvalue weighted by Gasteiger charge is 2.21. The van der Waals surface area contributed by atoms with E-state index >= 15 is 0 Å². The SMILES string of the molecule is O=S(=O)(Nc1cccc(C2=NCCN2)c1)c1ccc2c(S(=O)(=O)Nc3cccc(C4=NCCN4)c3)cccc2c1.[HH].[HH].[HH].[HH]. The lowest BCUT2D eigenvalue weighted by Crippen LogP contribution is -2.20. The molecule has 0 bridgehead atoms. The van der Waals surface area contributed by atoms with Crippen molar-refractivity contribution in [3.63, 3.8) is 0 Å². The van der Waals surface area contributed by atoms with Crippen LogP contribution in [0.1, 0.15) is 16.8 Å². The van der Waals surface area contributed by atoms with E-state index in [2.05, 4.69) is 30.1 Å². The maximum Gasteiger partial charge on any atom is 0.262 e. The minimum atomic E-state index is -3.98. The Morgan fingerprint density at radius 2 is 1.23 bits per heavy atom. The van der Waals surface area contributed by atoms with E-state index in [1.54, 1.807) is 48.5 Å². The van der Waals surface area contributed by atoms with Gasteiger partial charge in [0.15, 0.2) is 0 Å². The summed E-state index contributed by atoms with van der Waals surface area (Å²) in [4.78, 5) is 8.82. The molecule has 10 nitrogen and oxygen atoms in total. The normalized spacial score (nSPS) is 15.2. The molecule has 4 aromatic rings. The van der Waals surface area contributed by atoms with Gasteiger partial charge in [0.2, 0.25) is 0 Å². The number of nitrogens with one attached hydrogen (secondary N) is 4. The summed E-state index contributed by atoms with van der Waals surface area (Å²) in [5.41, 5.74) is 2.37. The van der Waals surface area contributed by atoms with Crippen molar-refractivity contribution in [3.05, 3.63) is 96.1 Å². The molecule has 212 valence electrons. The second-order valence-electron chi connectivity index (χ2n) is 9.33. The monoisotopic (exact) mass is 582 g/mol. The van der Waals surface area contributed by atoms with Crippen molar-refractivity contribution in [2.75, 3.05) is 35.6 Å². The molecule has 0 atom stereocenters. The molecule has 40 heavy (non-hydrogen) atoms. The summed E-state index contributed by atoms with van der Waals surface area (Å²) in [5.74, 6) is 1.45. The third-order valence-corrected chi connectivity index (χ3v) is 9.35. The molecule has 2 aliphatic heterocycles. The fourth-order valence-corrected chi connectivity index (χ4v) is 7.07. The van der Waals surface area contributed by atoms with Gasteiger partial charge in [-0.05, 0) is 47.9 Å². The van der Waals surface area contributed by atoms with Gasteiger partial charge < -0.3 is 10.6 Å². The highest BCUT2D eigenvalue weighted by molar-refractivity contribution is 7.93. The first-order valence-corrected chi connectivity index (χ1v) is 15.6. The number of rotatable bonds is 8. The molecule has 0 radical (unpaired) electrons. The van der Waals surface area contributed by atoms with Crippen LogP contribution in [0.4, 0.5) is 11.4 Å². The van der Waals surface area contributed by atoms with Gasteiger partial charge in [-0.3, -0.25) is 19.4 Å². The first kappa shape index (κ1) is 25.8. The van der Waals surface area contributed by atoms with E-state index in [0.717, 1.165) is 35.9 Å². The van der Waals surface area contributed by atoms with Gasteiger partial charge in [-0.15, -0.1) is 0 Å². The maximum atomic E-state index is 13.4. The Bertz CT molecular complexity index is 1920. The predicted octanol–water partition coefficient (Wildman–Crippen LogP) is 4.13. The molecular formula is C28H34N6O4S2. The zero-order valence-electron chi connectivity index (χ0n) is 21.3. The molecule has 12 heteroatoms. The van der Waals surface area contributed by atoms with Gasteiger partial charge in [0.1, 0.15) is 11.7 Å². The number of anilines is 2. The molecule has 6 rings (SSSR count). The van der Waals surface area contributed by atoms with Crippen molar-refractivity contribution in [2.45, 2.75) is 9.79 Å². The van der Waals surface area contributed by atoms with Crippen LogP contribution < -0.4 is 20.1 Å². The number of aliphatic imine (C=N–C) groups is 2. The van der Waals surface area contributed by atoms with E-state index in [0.29, 0.717) is 35.2 Å². The van der Waals surface area contributed by atoms with Crippen LogP contribution in [0.5, 0.6) is 0 Å². The van der Waals surface area contributed by atoms with E-state index in [1.807, 2.05) is 12.1 Å². The molecule has 0 unspecified atom stereocenters. The lowest BCUT2D eigenvalue weighted by atomic mass is 10.1. The first-order chi connectivity index (χ1) is 19.3. The van der Waals surface area contributed by atoms with Crippen molar-refractivity contribution in [2.24, 2.45) is 9.98 Å². The Balaban J connectivity index is 0.00000169. The zero-order chi connectivity index (χ0) is 27.7. The molecule has 0 aromatic heterocycles. The fourth-order valence-electron chi connectivity index (χ4n) is 4.70. The van der Waals surface area contributed by atoms with E-state index < -0.39 is 20.0 Å². The summed E-state index contributed by atoms with van der Waals surface area (Å²) < 4.78 is 58.6. The number of benzene rings is 4. The van der Waals surface area contributed by atoms with Gasteiger partial charge >= 0.3 is 0 Å². The number of sulfonamides is 2. The van der Waals surface area contributed by atoms with E-state index in [9.17, 15) is 16.8 Å². The van der Waals surface area contributed by atoms with Gasteiger partial charge in [0.25, 0.3) is 20.0 Å². The quantitative estimate of drug-likeness (QED) is 0.246. The molecule has 4 N–H and O–H groups in total. The van der Waals surface area contributed by atoms with Crippen molar-refractivity contribution in [1.82, 2.24) is 10.6 Å². The summed E-state index contributed by atoms with van der Waals surface area (Å²) in [6, 6.07) is 23.2. The third kappa shape index (κ3) is 5.23. The van der Waals surface area contributed by atoms with Crippen LogP contribution >= 0.6 is 0 Å². The summed E-state index contributed by atoms with van der Waals surface area (Å²) in [6.45, 7) is 2.84. The molecule has 0 amide bonds. The Kier molecular flexibility index (Phi) is 6.64. The lowest BCUT2D eigenvalue weighted by molar-refractivity contribution is 0.600. The summed E-state index contributed by atoms with van der Waals surface area (Å²) in [7, 11) is -7.93. The topological polar surface area (TPSA) is 141 Å². The lowest BCUT2D eigenvalue weighted by Gasteiger charge is -2.13. The number of hydrogen-bond acceptors (Lipinski definition) is 8. The van der Waals surface area contributed by atoms with Crippen molar-refractivity contribution in [1.29, 1.82) is 0 Å². The third-order valence-electron chi connectivity index (χ3n) is 6.54. The van der Waals surface area contributed by atoms with Gasteiger partial charge in [-0.25, -0.2) is 16.8 Å². The molecular weight excluding hydrogens is 548 g/mol. The van der Waals surface area contributed by atoms with Crippen LogP contribution in [-0.2, 0) is 20.0 Å². The second-order valence-corrected chi connectivity index (χ2v) is 12.7. The highest BCUT2D eigenvalue weighted by Crippen LogP contribution is 2.28. The molecule has 2 heterocycles. The maximum absolute atomic E-state index is 13.4. The van der Waals surface area contributed by atoms with Gasteiger partial charge in [-0.2, -0.15) is 0 Å². The summed E-state index contributed by atoms with van der Waals surface area (Å²) in [5, 5.41) is 7.23. The van der Waals surface area contributed by atoms with E-state index in [4.69, 9.17) is 0 Å². The van der Waals surface area contributed by atoms with Gasteiger partial charge in [0.05, 0.1) is 22.9 Å². The standard InChI is InChI=1S/C28H26N6O4S2.4H2/c35-39(36,33-22-7-1-5-20(16-22)27-29-12-13-30-27)24-10-11-25-19(18-24)4-3-9-26(25)40(37,38)34-23-8-2-6-21(17-23)28-31-14-15-32-28;;;;/h1-11,16-18,33-34H,12-15H2,(H,29,30)(H,31,32);4*1H. The van der Waals surface area contributed by atoms with Crippen LogP contribution in [-0.4, -0.2) is 54.7 Å². The average molecular weight is 583 g/mol. The van der Waals surface area contributed by atoms with E-state index in [1.165, 1.54) is 24.3 Å². The van der Waals surface area contributed by atoms with Crippen LogP contribution in [0.25, 0.3) is 10.8 Å². The smallest absolute Gasteiger partial charge is 0.262 e. The van der Waals surface area contributed by atoms with Gasteiger partial charge in [-0.1, -0.05) is 42.5 Å². The fraction of sp³-hybridized carbons (Fsp3) is 0.143. The molecule has 0 saturated heterocycles. The molecule has 0 spiro atoms. The molecule has 0 saturated carbocycles. The summed E-state index contributed by atoms with van der Waals surface area (Å²) in [6.07, 6.45) is 0. The van der Waals surface area contributed by atoms with Crippen LogP contribution in [0.2, 0.25) is 0 Å². The van der Waals surface area contributed by atoms with Crippen LogP contribution in [0.3, 0.4) is 0 Å². The van der Waals surface area contributed by atoms with Crippen molar-refractivity contribution >= 4 is 53.9 Å². The number of amidine groups is 2. The second kappa shape index (κ2) is 10.3. The Hall–Kier alpha value is -4.42. The molecule has 0 aliphatic carbocycles. The summed E-state index contributed by atoms with van der Waals surface area (Å²) >= 11 is 0. The minimum absolute atomic E-state index is 0. The average Bonchev–Trinajstić information content (AvgIpc) is 3.68. The predicted molar refractivity (Wildman–Crippen MR) is 166 cm³/mol. The Morgan fingerprint density at radius 3 is 1.80 bits per heavy atom. The first-order valence-electron chi connectivity index (χ1n) is 12.6. The minimum Gasteiger partial charge on any atom is -0.368 e. The van der Waals surface area contributed by atoms with E-state index in [-0.39, 0.29) is 15.5 Å². The Morgan fingerprint density at radius 1 is 0.650 bits per heavy atom. The largest absolute Gasteiger partial charge is 0.368 e. The number of hydrogen-bond donors (Lipinski definition) is 4. The molecule has 0 fully saturated rings. The zero-order valence-corrected chi connectivity index (χ0v) is 22.9. The van der Waals surface area contributed by atoms with Crippen molar-refractivity contribution < 1.29 is 22.5 Å². The highest BCUT2D eigenvalue weighted by atomic mass is 32.2. The Labute approximate surface area is 238 Å². The number of nitrogens with zero attached hydrogens (tertiary/aromatic N) is 2. The molecule has 4 aromatic carbocycles. The van der Waals surface area contributed by atoms with Crippen LogP contribution in [0.15, 0.2) is 105 Å². The van der Waals surface area contributed by atoms with Crippen LogP contribution in [0, 0.1) is 0 Å².